The number of carbonyl (C=O) groups excluding carboxylic acids is 1. The number of nitrogens with two attached hydrogens (primary N) is 1. The molecule has 0 bridgehead atoms. The molecule has 0 aromatic carbocycles. The first-order chi connectivity index (χ1) is 7.65. The molecule has 0 aliphatic heterocycles. The highest BCUT2D eigenvalue weighted by Crippen LogP contribution is 2.14. The number of nitrogens with zero attached hydrogens (tertiary/aromatic N) is 1. The van der Waals surface area contributed by atoms with Crippen LogP contribution in [0.25, 0.3) is 0 Å². The summed E-state index contributed by atoms with van der Waals surface area (Å²) in [5.74, 6) is 0.184. The molecule has 1 atom stereocenters. The fourth-order valence-corrected chi connectivity index (χ4v) is 2.30. The Bertz CT molecular complexity index is 395. The normalized spacial score (nSPS) is 12.1. The molecule has 1 heterocycles. The van der Waals surface area contributed by atoms with Crippen molar-refractivity contribution < 1.29 is 9.00 Å². The van der Waals surface area contributed by atoms with Gasteiger partial charge < -0.3 is 11.1 Å². The second-order valence-electron chi connectivity index (χ2n) is 3.17. The van der Waals surface area contributed by atoms with Crippen LogP contribution in [0.15, 0.2) is 23.4 Å². The molecule has 0 saturated carbocycles. The molecule has 0 aliphatic rings. The average Bonchev–Trinajstić information content (AvgIpc) is 2.27. The summed E-state index contributed by atoms with van der Waals surface area (Å²) in [6.45, 7) is 2.43. The van der Waals surface area contributed by atoms with Crippen molar-refractivity contribution in [1.29, 1.82) is 0 Å². The highest BCUT2D eigenvalue weighted by atomic mass is 32.2. The predicted octanol–water partition coefficient (Wildman–Crippen LogP) is 0.298. The highest BCUT2D eigenvalue weighted by Gasteiger charge is 2.09. The lowest BCUT2D eigenvalue weighted by Gasteiger charge is -2.05. The monoisotopic (exact) mass is 241 g/mol. The second-order valence-corrected chi connectivity index (χ2v) is 4.71. The maximum absolute atomic E-state index is 11.8. The Labute approximate surface area is 96.9 Å². The third-order valence-corrected chi connectivity index (χ3v) is 3.38. The largest absolute Gasteiger partial charge is 0.396 e. The van der Waals surface area contributed by atoms with Gasteiger partial charge in [0.15, 0.2) is 0 Å². The number of pyridine rings is 1. The average molecular weight is 241 g/mol. The van der Waals surface area contributed by atoms with Crippen LogP contribution in [-0.4, -0.2) is 27.4 Å². The summed E-state index contributed by atoms with van der Waals surface area (Å²) in [5.41, 5.74) is 6.03. The summed E-state index contributed by atoms with van der Waals surface area (Å²) in [7, 11) is -1.24. The van der Waals surface area contributed by atoms with Crippen molar-refractivity contribution in [2.75, 3.05) is 18.0 Å². The van der Waals surface area contributed by atoms with Gasteiger partial charge >= 0.3 is 0 Å². The second kappa shape index (κ2) is 6.22. The Hall–Kier alpha value is -1.43. The third-order valence-electron chi connectivity index (χ3n) is 1.94. The summed E-state index contributed by atoms with van der Waals surface area (Å²) in [5, 5.41) is 2.65. The van der Waals surface area contributed by atoms with Crippen LogP contribution in [0.2, 0.25) is 0 Å². The predicted molar refractivity (Wildman–Crippen MR) is 63.2 cm³/mol. The van der Waals surface area contributed by atoms with Crippen LogP contribution in [0.4, 0.5) is 5.69 Å². The number of rotatable bonds is 5. The van der Waals surface area contributed by atoms with Crippen molar-refractivity contribution in [3.05, 3.63) is 18.5 Å². The van der Waals surface area contributed by atoms with Gasteiger partial charge in [-0.05, 0) is 13.0 Å². The van der Waals surface area contributed by atoms with E-state index in [1.54, 1.807) is 6.07 Å². The molecule has 5 nitrogen and oxygen atoms in total. The van der Waals surface area contributed by atoms with Crippen LogP contribution in [0.3, 0.4) is 0 Å². The fraction of sp³-hybridized carbons (Fsp3) is 0.400. The van der Waals surface area contributed by atoms with Crippen LogP contribution in [0.5, 0.6) is 0 Å². The minimum absolute atomic E-state index is 0.0940. The third kappa shape index (κ3) is 3.62. The molecule has 88 valence electrons. The molecular formula is C10H15N3O2S. The van der Waals surface area contributed by atoms with Crippen molar-refractivity contribution in [3.63, 3.8) is 0 Å². The molecule has 0 radical (unpaired) electrons. The summed E-state index contributed by atoms with van der Waals surface area (Å²) in [6.07, 6.45) is 3.23. The Morgan fingerprint density at radius 3 is 3.00 bits per heavy atom. The molecule has 3 N–H and O–H groups in total. The van der Waals surface area contributed by atoms with E-state index in [4.69, 9.17) is 5.73 Å². The Morgan fingerprint density at radius 2 is 2.38 bits per heavy atom. The van der Waals surface area contributed by atoms with E-state index in [1.165, 1.54) is 12.4 Å². The van der Waals surface area contributed by atoms with E-state index in [-0.39, 0.29) is 18.1 Å². The van der Waals surface area contributed by atoms with Crippen molar-refractivity contribution >= 4 is 22.4 Å². The van der Waals surface area contributed by atoms with Gasteiger partial charge in [-0.1, -0.05) is 0 Å². The smallest absolute Gasteiger partial charge is 0.220 e. The number of nitrogen functional groups attached to an aromatic ring is 1. The molecule has 1 rings (SSSR count). The van der Waals surface area contributed by atoms with Gasteiger partial charge in [-0.25, -0.2) is 0 Å². The van der Waals surface area contributed by atoms with Crippen molar-refractivity contribution in [3.8, 4) is 0 Å². The van der Waals surface area contributed by atoms with Crippen molar-refractivity contribution in [2.45, 2.75) is 18.2 Å². The molecule has 1 aromatic rings. The van der Waals surface area contributed by atoms with Crippen molar-refractivity contribution in [2.24, 2.45) is 0 Å². The quantitative estimate of drug-likeness (QED) is 0.776. The maximum atomic E-state index is 11.8. The van der Waals surface area contributed by atoms with E-state index in [9.17, 15) is 9.00 Å². The lowest BCUT2D eigenvalue weighted by Crippen LogP contribution is -2.24. The van der Waals surface area contributed by atoms with E-state index in [1.807, 2.05) is 6.92 Å². The Morgan fingerprint density at radius 1 is 1.62 bits per heavy atom. The first-order valence-corrected chi connectivity index (χ1v) is 6.31. The minimum Gasteiger partial charge on any atom is -0.396 e. The van der Waals surface area contributed by atoms with Gasteiger partial charge in [-0.2, -0.15) is 0 Å². The van der Waals surface area contributed by atoms with Gasteiger partial charge in [0.2, 0.25) is 5.91 Å². The van der Waals surface area contributed by atoms with Gasteiger partial charge in [0.25, 0.3) is 0 Å². The van der Waals surface area contributed by atoms with E-state index in [0.29, 0.717) is 17.1 Å². The number of aromatic nitrogens is 1. The SMILES string of the molecule is CCNC(=O)CCS(=O)c1ccncc1N. The van der Waals surface area contributed by atoms with Gasteiger partial charge in [-0.15, -0.1) is 0 Å². The van der Waals surface area contributed by atoms with Gasteiger partial charge in [0.1, 0.15) is 0 Å². The van der Waals surface area contributed by atoms with Crippen LogP contribution < -0.4 is 11.1 Å². The topological polar surface area (TPSA) is 85.1 Å². The van der Waals surface area contributed by atoms with Crippen LogP contribution in [-0.2, 0) is 15.6 Å². The first-order valence-electron chi connectivity index (χ1n) is 4.99. The number of amides is 1. The molecule has 0 fully saturated rings. The molecule has 16 heavy (non-hydrogen) atoms. The zero-order valence-corrected chi connectivity index (χ0v) is 9.92. The van der Waals surface area contributed by atoms with E-state index >= 15 is 0 Å². The minimum atomic E-state index is -1.24. The fourth-order valence-electron chi connectivity index (χ4n) is 1.18. The number of anilines is 1. The molecule has 1 aromatic heterocycles. The summed E-state index contributed by atoms with van der Waals surface area (Å²) >= 11 is 0. The highest BCUT2D eigenvalue weighted by molar-refractivity contribution is 7.85. The lowest BCUT2D eigenvalue weighted by molar-refractivity contribution is -0.120. The molecule has 0 aliphatic carbocycles. The molecule has 0 saturated heterocycles. The standard InChI is InChI=1S/C10H15N3O2S/c1-2-13-10(14)4-6-16(15)9-3-5-12-7-8(9)11/h3,5,7H,2,4,6,11H2,1H3,(H,13,14). The van der Waals surface area contributed by atoms with E-state index in [2.05, 4.69) is 10.3 Å². The number of nitrogens with one attached hydrogen (secondary N) is 1. The van der Waals surface area contributed by atoms with E-state index in [0.717, 1.165) is 0 Å². The summed E-state index contributed by atoms with van der Waals surface area (Å²) < 4.78 is 11.8. The molecule has 6 heteroatoms. The van der Waals surface area contributed by atoms with Gasteiger partial charge in [0.05, 0.1) is 27.6 Å². The van der Waals surface area contributed by atoms with Crippen LogP contribution in [0, 0.1) is 0 Å². The molecular weight excluding hydrogens is 226 g/mol. The number of hydrogen-bond donors (Lipinski definition) is 2. The Kier molecular flexibility index (Phi) is 4.91. The maximum Gasteiger partial charge on any atom is 0.220 e. The van der Waals surface area contributed by atoms with Crippen LogP contribution >= 0.6 is 0 Å². The number of hydrogen-bond acceptors (Lipinski definition) is 4. The molecule has 1 amide bonds. The Balaban J connectivity index is 2.54. The van der Waals surface area contributed by atoms with Crippen LogP contribution in [0.1, 0.15) is 13.3 Å². The van der Waals surface area contributed by atoms with E-state index < -0.39 is 10.8 Å². The van der Waals surface area contributed by atoms with Gasteiger partial charge in [0, 0.05) is 24.9 Å². The lowest BCUT2D eigenvalue weighted by atomic mass is 10.4. The zero-order chi connectivity index (χ0) is 12.0. The summed E-state index contributed by atoms with van der Waals surface area (Å²) in [4.78, 5) is 15.5. The first kappa shape index (κ1) is 12.6. The summed E-state index contributed by atoms with van der Waals surface area (Å²) in [6, 6.07) is 1.61. The zero-order valence-electron chi connectivity index (χ0n) is 9.10. The molecule has 1 unspecified atom stereocenters. The van der Waals surface area contributed by atoms with Gasteiger partial charge in [-0.3, -0.25) is 14.0 Å². The molecule has 0 spiro atoms. The number of carbonyl (C=O) groups is 1. The van der Waals surface area contributed by atoms with Crippen molar-refractivity contribution in [1.82, 2.24) is 10.3 Å².